The van der Waals surface area contributed by atoms with Gasteiger partial charge in [0, 0.05) is 40.1 Å². The van der Waals surface area contributed by atoms with Crippen LogP contribution in [0.25, 0.3) is 11.1 Å². The summed E-state index contributed by atoms with van der Waals surface area (Å²) in [7, 11) is 5.70. The minimum atomic E-state index is -0.997. The van der Waals surface area contributed by atoms with E-state index in [2.05, 4.69) is 64.4 Å². The number of nitrogens with one attached hydrogen (secondary N) is 2. The number of halogens is 1. The van der Waals surface area contributed by atoms with Crippen molar-refractivity contribution < 1.29 is 30.0 Å². The summed E-state index contributed by atoms with van der Waals surface area (Å²) in [5.74, 6) is 1.72. The number of hydroxylamine groups is 2. The predicted octanol–water partition coefficient (Wildman–Crippen LogP) is 5.33. The van der Waals surface area contributed by atoms with Gasteiger partial charge in [-0.05, 0) is 98.3 Å². The Morgan fingerprint density at radius 3 is 2.41 bits per heavy atom. The third kappa shape index (κ3) is 8.76. The highest BCUT2D eigenvalue weighted by Crippen LogP contribution is 2.61. The minimum Gasteiger partial charge on any atom is -0.496 e. The molecule has 0 radical (unpaired) electrons. The Morgan fingerprint density at radius 1 is 1.04 bits per heavy atom. The van der Waals surface area contributed by atoms with E-state index in [-0.39, 0.29) is 25.2 Å². The molecule has 2 bridgehead atoms. The molecule has 1 aliphatic heterocycles. The Labute approximate surface area is 329 Å². The Hall–Kier alpha value is -2.42. The summed E-state index contributed by atoms with van der Waals surface area (Å²) in [6.07, 6.45) is -0.435. The number of para-hydroxylation sites is 1. The third-order valence-corrected chi connectivity index (χ3v) is 13.2. The topological polar surface area (TPSA) is 130 Å². The highest BCUT2D eigenvalue weighted by atomic mass is 79.9. The van der Waals surface area contributed by atoms with Crippen molar-refractivity contribution in [2.45, 2.75) is 96.3 Å². The van der Waals surface area contributed by atoms with Crippen molar-refractivity contribution in [3.05, 3.63) is 87.9 Å². The van der Waals surface area contributed by atoms with Crippen molar-refractivity contribution in [3.63, 3.8) is 0 Å². The largest absolute Gasteiger partial charge is 0.496 e. The maximum atomic E-state index is 11.9. The Kier molecular flexibility index (Phi) is 13.3. The van der Waals surface area contributed by atoms with Crippen molar-refractivity contribution in [1.29, 1.82) is 0 Å². The lowest BCUT2D eigenvalue weighted by atomic mass is 9.44. The van der Waals surface area contributed by atoms with Crippen molar-refractivity contribution in [2.75, 3.05) is 34.4 Å². The Balaban J connectivity index is 1.24. The molecule has 11 heteroatoms. The first-order valence-corrected chi connectivity index (χ1v) is 20.3. The Bertz CT molecular complexity index is 1690. The zero-order valence-corrected chi connectivity index (χ0v) is 34.4. The van der Waals surface area contributed by atoms with Gasteiger partial charge in [-0.15, -0.1) is 0 Å². The summed E-state index contributed by atoms with van der Waals surface area (Å²) in [6, 6.07) is 21.6. The zero-order valence-electron chi connectivity index (χ0n) is 32.8. The van der Waals surface area contributed by atoms with Crippen LogP contribution in [0.2, 0.25) is 0 Å². The lowest BCUT2D eigenvalue weighted by Gasteiger charge is -2.62. The van der Waals surface area contributed by atoms with E-state index in [1.165, 1.54) is 12.0 Å². The monoisotopic (exact) mass is 808 g/mol. The standard InChI is InChI=1S/C43H61BrN4O6/c1-25-35-20-31(43(35,3)4)21-36(25)46-42(52)39-38(26(2)50)37(24-49)54-48(39)22-28-14-11-15-34(40(28)53-7)29-17-30(19-32(44)18-29)41(51)45-33(23-47(5)6)16-27-12-9-8-10-13-27/h8-15,17-19,25-26,31,33,35-39,41-42,45-46,49-52H,16,20-24H2,1-7H3/t25-,26-,31-,33-,35+,36-,37-,38+,39-,41?,42?/m0/s1. The molecule has 54 heavy (non-hydrogen) atoms. The van der Waals surface area contributed by atoms with Crippen molar-refractivity contribution in [3.8, 4) is 16.9 Å². The van der Waals surface area contributed by atoms with Gasteiger partial charge in [0.05, 0.1) is 32.4 Å². The van der Waals surface area contributed by atoms with Gasteiger partial charge in [0.15, 0.2) is 0 Å². The van der Waals surface area contributed by atoms with E-state index in [0.29, 0.717) is 34.5 Å². The lowest BCUT2D eigenvalue weighted by molar-refractivity contribution is -0.195. The second kappa shape index (κ2) is 17.4. The van der Waals surface area contributed by atoms with E-state index in [1.807, 2.05) is 68.7 Å². The number of nitrogens with zero attached hydrogens (tertiary/aromatic N) is 2. The van der Waals surface area contributed by atoms with Crippen molar-refractivity contribution in [2.24, 2.45) is 29.1 Å². The number of benzene rings is 3. The average molecular weight is 810 g/mol. The molecule has 7 rings (SSSR count). The number of aliphatic hydroxyl groups excluding tert-OH is 4. The molecule has 3 aromatic rings. The number of methoxy groups -OCH3 is 1. The second-order valence-corrected chi connectivity index (χ2v) is 17.8. The molecule has 2 unspecified atom stereocenters. The van der Waals surface area contributed by atoms with Crippen LogP contribution < -0.4 is 15.4 Å². The van der Waals surface area contributed by atoms with Crippen molar-refractivity contribution in [1.82, 2.24) is 20.6 Å². The first kappa shape index (κ1) is 41.2. The fourth-order valence-corrected chi connectivity index (χ4v) is 10.3. The maximum absolute atomic E-state index is 11.9. The van der Waals surface area contributed by atoms with Crippen LogP contribution in [0.5, 0.6) is 5.75 Å². The molecule has 4 aliphatic rings. The number of ether oxygens (including phenoxy) is 1. The molecular formula is C43H61BrN4O6. The highest BCUT2D eigenvalue weighted by Gasteiger charge is 2.57. The number of rotatable bonds is 16. The first-order valence-electron chi connectivity index (χ1n) is 19.5. The van der Waals surface area contributed by atoms with Gasteiger partial charge in [0.25, 0.3) is 0 Å². The molecule has 0 spiro atoms. The van der Waals surface area contributed by atoms with E-state index in [9.17, 15) is 20.4 Å². The quantitative estimate of drug-likeness (QED) is 0.106. The molecule has 0 amide bonds. The molecule has 10 nitrogen and oxygen atoms in total. The summed E-state index contributed by atoms with van der Waals surface area (Å²) >= 11 is 3.69. The summed E-state index contributed by atoms with van der Waals surface area (Å²) in [4.78, 5) is 8.45. The summed E-state index contributed by atoms with van der Waals surface area (Å²) < 4.78 is 6.91. The SMILES string of the molecule is COc1c(CN2O[C@@H](CO)[C@@H]([C@H](C)O)[C@H]2C(O)N[C@H]2C[C@@H]3C[C@H]([C@@H]2C)C3(C)C)cccc1-c1cc(Br)cc(C(O)N[C@@H](Cc2ccccc2)CN(C)C)c1. The Morgan fingerprint density at radius 2 is 1.78 bits per heavy atom. The smallest absolute Gasteiger partial charge is 0.131 e. The predicted molar refractivity (Wildman–Crippen MR) is 215 cm³/mol. The van der Waals surface area contributed by atoms with Gasteiger partial charge in [-0.25, -0.2) is 0 Å². The number of hydrogen-bond acceptors (Lipinski definition) is 10. The van der Waals surface area contributed by atoms with E-state index < -0.39 is 36.6 Å². The first-order chi connectivity index (χ1) is 25.7. The molecule has 3 aliphatic carbocycles. The lowest BCUT2D eigenvalue weighted by Crippen LogP contribution is -2.63. The summed E-state index contributed by atoms with van der Waals surface area (Å²) in [6.45, 7) is 9.41. The van der Waals surface area contributed by atoms with Crippen LogP contribution in [-0.4, -0.2) is 101 Å². The maximum Gasteiger partial charge on any atom is 0.131 e. The van der Waals surface area contributed by atoms with Gasteiger partial charge in [-0.2, -0.15) is 5.06 Å². The average Bonchev–Trinajstić information content (AvgIpc) is 3.50. The number of aliphatic hydroxyl groups is 4. The van der Waals surface area contributed by atoms with Gasteiger partial charge in [0.2, 0.25) is 0 Å². The summed E-state index contributed by atoms with van der Waals surface area (Å²) in [5, 5.41) is 53.5. The fourth-order valence-electron chi connectivity index (χ4n) is 9.78. The van der Waals surface area contributed by atoms with E-state index >= 15 is 0 Å². The summed E-state index contributed by atoms with van der Waals surface area (Å²) in [5.41, 5.74) is 4.73. The van der Waals surface area contributed by atoms with Gasteiger partial charge in [0.1, 0.15) is 24.3 Å². The van der Waals surface area contributed by atoms with E-state index in [0.717, 1.165) is 40.5 Å². The second-order valence-electron chi connectivity index (χ2n) is 16.9. The molecule has 0 aromatic heterocycles. The fraction of sp³-hybridized carbons (Fsp3) is 0.581. The molecule has 1 heterocycles. The van der Waals surface area contributed by atoms with Crippen LogP contribution in [0.15, 0.2) is 71.2 Å². The molecule has 4 fully saturated rings. The molecule has 3 saturated carbocycles. The highest BCUT2D eigenvalue weighted by molar-refractivity contribution is 9.10. The van der Waals surface area contributed by atoms with Crippen LogP contribution in [0.1, 0.15) is 63.5 Å². The van der Waals surface area contributed by atoms with Crippen LogP contribution in [0.4, 0.5) is 0 Å². The number of hydrogen-bond donors (Lipinski definition) is 6. The molecule has 11 atom stereocenters. The van der Waals surface area contributed by atoms with Crippen LogP contribution in [-0.2, 0) is 17.8 Å². The molecular weight excluding hydrogens is 748 g/mol. The van der Waals surface area contributed by atoms with Gasteiger partial charge < -0.3 is 30.1 Å². The normalized spacial score (nSPS) is 28.7. The van der Waals surface area contributed by atoms with Crippen LogP contribution in [0, 0.1) is 29.1 Å². The van der Waals surface area contributed by atoms with Gasteiger partial charge >= 0.3 is 0 Å². The molecule has 296 valence electrons. The van der Waals surface area contributed by atoms with Gasteiger partial charge in [-0.1, -0.05) is 85.2 Å². The number of fused-ring (bicyclic) bond motifs is 2. The van der Waals surface area contributed by atoms with Crippen LogP contribution in [0.3, 0.4) is 0 Å². The molecule has 1 saturated heterocycles. The zero-order chi connectivity index (χ0) is 38.9. The molecule has 6 N–H and O–H groups in total. The minimum absolute atomic E-state index is 0.00279. The molecule has 3 aromatic carbocycles. The van der Waals surface area contributed by atoms with Gasteiger partial charge in [-0.3, -0.25) is 15.5 Å². The van der Waals surface area contributed by atoms with E-state index in [1.54, 1.807) is 19.1 Å². The van der Waals surface area contributed by atoms with Crippen molar-refractivity contribution >= 4 is 15.9 Å². The third-order valence-electron chi connectivity index (χ3n) is 12.7. The van der Waals surface area contributed by atoms with E-state index in [4.69, 9.17) is 9.57 Å². The number of likely N-dealkylation sites (N-methyl/N-ethyl adjacent to an activating group) is 1. The van der Waals surface area contributed by atoms with Crippen LogP contribution >= 0.6 is 15.9 Å².